The molecule has 1 fully saturated rings. The van der Waals surface area contributed by atoms with Crippen molar-refractivity contribution in [2.45, 2.75) is 32.6 Å². The van der Waals surface area contributed by atoms with Gasteiger partial charge in [0.05, 0.1) is 0 Å². The summed E-state index contributed by atoms with van der Waals surface area (Å²) < 4.78 is 0. The summed E-state index contributed by atoms with van der Waals surface area (Å²) in [6, 6.07) is 0. The first-order chi connectivity index (χ1) is 4.37. The van der Waals surface area contributed by atoms with Crippen molar-refractivity contribution < 1.29 is 0 Å². The molecule has 0 saturated heterocycles. The Morgan fingerprint density at radius 3 is 3.00 bits per heavy atom. The zero-order valence-corrected chi connectivity index (χ0v) is 6.06. The Morgan fingerprint density at radius 2 is 2.44 bits per heavy atom. The average molecular weight is 122 g/mol. The Balaban J connectivity index is 2.11. The van der Waals surface area contributed by atoms with E-state index in [0.29, 0.717) is 0 Å². The van der Waals surface area contributed by atoms with Gasteiger partial charge in [-0.25, -0.2) is 0 Å². The second-order valence-electron chi connectivity index (χ2n) is 3.53. The summed E-state index contributed by atoms with van der Waals surface area (Å²) in [4.78, 5) is 0. The minimum Gasteiger partial charge on any atom is -0.0882 e. The van der Waals surface area contributed by atoms with Crippen LogP contribution in [0.25, 0.3) is 0 Å². The summed E-state index contributed by atoms with van der Waals surface area (Å²) in [6.45, 7) is 2.33. The van der Waals surface area contributed by atoms with E-state index in [1.165, 1.54) is 25.7 Å². The molecule has 0 bridgehead atoms. The van der Waals surface area contributed by atoms with Gasteiger partial charge in [-0.3, -0.25) is 0 Å². The van der Waals surface area contributed by atoms with E-state index in [9.17, 15) is 0 Å². The molecule has 2 unspecified atom stereocenters. The van der Waals surface area contributed by atoms with Crippen LogP contribution in [0.4, 0.5) is 0 Å². The van der Waals surface area contributed by atoms with Crippen LogP contribution >= 0.6 is 0 Å². The number of rotatable bonds is 1. The van der Waals surface area contributed by atoms with Crippen LogP contribution in [0.15, 0.2) is 12.2 Å². The molecule has 0 heterocycles. The smallest absolute Gasteiger partial charge is 0.0231 e. The molecule has 2 rings (SSSR count). The molecule has 0 N–H and O–H groups in total. The third-order valence-corrected chi connectivity index (χ3v) is 3.17. The van der Waals surface area contributed by atoms with Crippen molar-refractivity contribution in [3.63, 3.8) is 0 Å². The zero-order chi connectivity index (χ0) is 6.32. The standard InChI is InChI=1S/C9H14/c1-2-9-6-4-3-5-8(9)7-9/h3-4,8H,2,5-7H2,1H3. The second kappa shape index (κ2) is 1.62. The minimum absolute atomic E-state index is 0.800. The number of hydrogen-bond donors (Lipinski definition) is 0. The van der Waals surface area contributed by atoms with Crippen molar-refractivity contribution in [3.05, 3.63) is 12.2 Å². The molecule has 0 amide bonds. The Morgan fingerprint density at radius 1 is 1.56 bits per heavy atom. The molecular formula is C9H14. The van der Waals surface area contributed by atoms with E-state index in [0.717, 1.165) is 11.3 Å². The molecule has 2 atom stereocenters. The average Bonchev–Trinajstić information content (AvgIpc) is 2.62. The maximum Gasteiger partial charge on any atom is -0.0231 e. The molecule has 50 valence electrons. The fourth-order valence-electron chi connectivity index (χ4n) is 2.17. The minimum atomic E-state index is 0.800. The van der Waals surface area contributed by atoms with E-state index in [-0.39, 0.29) is 0 Å². The van der Waals surface area contributed by atoms with Gasteiger partial charge in [-0.05, 0) is 37.0 Å². The molecule has 2 aliphatic rings. The highest BCUT2D eigenvalue weighted by Gasteiger charge is 2.51. The molecule has 2 aliphatic carbocycles. The molecule has 0 aromatic rings. The highest BCUT2D eigenvalue weighted by atomic mass is 14.6. The molecule has 0 heteroatoms. The Hall–Kier alpha value is -0.260. The van der Waals surface area contributed by atoms with Crippen LogP contribution in [0.1, 0.15) is 32.6 Å². The van der Waals surface area contributed by atoms with Crippen molar-refractivity contribution in [3.8, 4) is 0 Å². The Kier molecular flexibility index (Phi) is 0.992. The lowest BCUT2D eigenvalue weighted by atomic mass is 9.91. The summed E-state index contributed by atoms with van der Waals surface area (Å²) >= 11 is 0. The van der Waals surface area contributed by atoms with Crippen LogP contribution in [0.2, 0.25) is 0 Å². The lowest BCUT2D eigenvalue weighted by Gasteiger charge is -2.14. The Bertz CT molecular complexity index is 146. The summed E-state index contributed by atoms with van der Waals surface area (Å²) in [6.07, 6.45) is 10.4. The van der Waals surface area contributed by atoms with Gasteiger partial charge in [0, 0.05) is 0 Å². The van der Waals surface area contributed by atoms with E-state index in [1.807, 2.05) is 0 Å². The maximum absolute atomic E-state index is 2.37. The lowest BCUT2D eigenvalue weighted by Crippen LogP contribution is -2.03. The van der Waals surface area contributed by atoms with Crippen LogP contribution in [0.5, 0.6) is 0 Å². The van der Waals surface area contributed by atoms with Crippen molar-refractivity contribution in [1.82, 2.24) is 0 Å². The summed E-state index contributed by atoms with van der Waals surface area (Å²) in [5.41, 5.74) is 0.800. The van der Waals surface area contributed by atoms with Gasteiger partial charge in [0.25, 0.3) is 0 Å². The van der Waals surface area contributed by atoms with Crippen LogP contribution in [-0.2, 0) is 0 Å². The highest BCUT2D eigenvalue weighted by molar-refractivity contribution is 5.12. The number of hydrogen-bond acceptors (Lipinski definition) is 0. The third-order valence-electron chi connectivity index (χ3n) is 3.17. The normalized spacial score (nSPS) is 46.6. The molecule has 0 aliphatic heterocycles. The van der Waals surface area contributed by atoms with Gasteiger partial charge in [-0.2, -0.15) is 0 Å². The highest BCUT2D eigenvalue weighted by Crippen LogP contribution is 2.61. The predicted octanol–water partition coefficient (Wildman–Crippen LogP) is 2.75. The van der Waals surface area contributed by atoms with E-state index >= 15 is 0 Å². The van der Waals surface area contributed by atoms with Crippen molar-refractivity contribution >= 4 is 0 Å². The van der Waals surface area contributed by atoms with Gasteiger partial charge < -0.3 is 0 Å². The Labute approximate surface area is 57.0 Å². The first kappa shape index (κ1) is 5.52. The summed E-state index contributed by atoms with van der Waals surface area (Å²) in [5.74, 6) is 1.08. The second-order valence-corrected chi connectivity index (χ2v) is 3.53. The monoisotopic (exact) mass is 122 g/mol. The zero-order valence-electron chi connectivity index (χ0n) is 6.06. The SMILES string of the molecule is CCC12CC=CCC1C2. The fourth-order valence-corrected chi connectivity index (χ4v) is 2.17. The van der Waals surface area contributed by atoms with E-state index in [2.05, 4.69) is 19.1 Å². The van der Waals surface area contributed by atoms with Crippen LogP contribution in [-0.4, -0.2) is 0 Å². The predicted molar refractivity (Wildman–Crippen MR) is 39.2 cm³/mol. The van der Waals surface area contributed by atoms with Crippen LogP contribution in [0.3, 0.4) is 0 Å². The first-order valence-electron chi connectivity index (χ1n) is 4.02. The molecule has 1 saturated carbocycles. The van der Waals surface area contributed by atoms with Crippen LogP contribution in [0, 0.1) is 11.3 Å². The molecule has 0 spiro atoms. The largest absolute Gasteiger partial charge is 0.0882 e. The molecule has 0 radical (unpaired) electrons. The third kappa shape index (κ3) is 0.654. The molecule has 0 nitrogen and oxygen atoms in total. The molecule has 0 aromatic carbocycles. The topological polar surface area (TPSA) is 0 Å². The van der Waals surface area contributed by atoms with E-state index < -0.39 is 0 Å². The molecule has 0 aromatic heterocycles. The maximum atomic E-state index is 2.37. The van der Waals surface area contributed by atoms with Gasteiger partial charge in [0.1, 0.15) is 0 Å². The molecule has 9 heavy (non-hydrogen) atoms. The van der Waals surface area contributed by atoms with Gasteiger partial charge in [0.15, 0.2) is 0 Å². The fraction of sp³-hybridized carbons (Fsp3) is 0.778. The molecular weight excluding hydrogens is 108 g/mol. The summed E-state index contributed by atoms with van der Waals surface area (Å²) in [5, 5.41) is 0. The van der Waals surface area contributed by atoms with E-state index in [4.69, 9.17) is 0 Å². The van der Waals surface area contributed by atoms with Crippen molar-refractivity contribution in [1.29, 1.82) is 0 Å². The van der Waals surface area contributed by atoms with Crippen molar-refractivity contribution in [2.24, 2.45) is 11.3 Å². The van der Waals surface area contributed by atoms with Gasteiger partial charge >= 0.3 is 0 Å². The van der Waals surface area contributed by atoms with Gasteiger partial charge in [-0.1, -0.05) is 19.1 Å². The summed E-state index contributed by atoms with van der Waals surface area (Å²) in [7, 11) is 0. The quantitative estimate of drug-likeness (QED) is 0.469. The van der Waals surface area contributed by atoms with Crippen molar-refractivity contribution in [2.75, 3.05) is 0 Å². The van der Waals surface area contributed by atoms with Crippen LogP contribution < -0.4 is 0 Å². The van der Waals surface area contributed by atoms with Gasteiger partial charge in [-0.15, -0.1) is 0 Å². The number of allylic oxidation sites excluding steroid dienone is 2. The lowest BCUT2D eigenvalue weighted by molar-refractivity contribution is 0.431. The number of fused-ring (bicyclic) bond motifs is 1. The first-order valence-corrected chi connectivity index (χ1v) is 4.02. The van der Waals surface area contributed by atoms with Gasteiger partial charge in [0.2, 0.25) is 0 Å². The van der Waals surface area contributed by atoms with E-state index in [1.54, 1.807) is 0 Å².